The number of amides is 1. The summed E-state index contributed by atoms with van der Waals surface area (Å²) in [5.41, 5.74) is 10.2. The summed E-state index contributed by atoms with van der Waals surface area (Å²) < 4.78 is 5.51. The van der Waals surface area contributed by atoms with E-state index in [1.807, 2.05) is 0 Å². The number of thiazole rings is 1. The van der Waals surface area contributed by atoms with Crippen molar-refractivity contribution in [3.8, 4) is 21.0 Å². The van der Waals surface area contributed by atoms with Crippen molar-refractivity contribution in [2.45, 2.75) is 12.8 Å². The van der Waals surface area contributed by atoms with E-state index in [1.165, 1.54) is 29.9 Å². The number of aromatic amines is 1. The number of primary amides is 1. The van der Waals surface area contributed by atoms with Gasteiger partial charge < -0.3 is 20.3 Å². The fourth-order valence-electron chi connectivity index (χ4n) is 4.11. The third kappa shape index (κ3) is 3.54. The lowest BCUT2D eigenvalue weighted by molar-refractivity contribution is 0.0997. The van der Waals surface area contributed by atoms with Crippen molar-refractivity contribution in [3.05, 3.63) is 36.3 Å². The van der Waals surface area contributed by atoms with Crippen molar-refractivity contribution in [3.63, 3.8) is 0 Å². The number of carbonyl (C=O) groups excluding carboxylic acids is 1. The molecule has 9 heteroatoms. The average Bonchev–Trinajstić information content (AvgIpc) is 3.55. The molecule has 2 fully saturated rings. The van der Waals surface area contributed by atoms with Gasteiger partial charge in [0.25, 0.3) is 5.91 Å². The van der Waals surface area contributed by atoms with E-state index in [1.54, 1.807) is 12.4 Å². The molecule has 0 bridgehead atoms. The zero-order valence-electron chi connectivity index (χ0n) is 16.6. The zero-order chi connectivity index (χ0) is 20.5. The highest BCUT2D eigenvalue weighted by molar-refractivity contribution is 7.18. The molecule has 2 saturated heterocycles. The highest BCUT2D eigenvalue weighted by Crippen LogP contribution is 2.42. The number of nitrogens with zero attached hydrogens (tertiary/aromatic N) is 4. The topological polar surface area (TPSA) is 100 Å². The maximum atomic E-state index is 12.2. The molecule has 30 heavy (non-hydrogen) atoms. The van der Waals surface area contributed by atoms with Crippen LogP contribution in [0.2, 0.25) is 0 Å². The Morgan fingerprint density at radius 1 is 1.13 bits per heavy atom. The average molecular weight is 425 g/mol. The van der Waals surface area contributed by atoms with Crippen molar-refractivity contribution in [2.75, 3.05) is 49.2 Å². The third-order valence-corrected chi connectivity index (χ3v) is 6.79. The molecule has 2 aliphatic rings. The number of morpholine rings is 1. The van der Waals surface area contributed by atoms with Crippen LogP contribution >= 0.6 is 11.3 Å². The number of H-pyrrole nitrogens is 1. The Morgan fingerprint density at radius 3 is 2.63 bits per heavy atom. The molecule has 0 radical (unpaired) electrons. The minimum absolute atomic E-state index is 0.316. The number of nitrogens with one attached hydrogen (secondary N) is 1. The summed E-state index contributed by atoms with van der Waals surface area (Å²) in [4.78, 5) is 22.3. The predicted molar refractivity (Wildman–Crippen MR) is 118 cm³/mol. The molecule has 4 heterocycles. The summed E-state index contributed by atoms with van der Waals surface area (Å²) in [6.45, 7) is 5.29. The van der Waals surface area contributed by atoms with Gasteiger partial charge in [-0.2, -0.15) is 5.10 Å². The van der Waals surface area contributed by atoms with Crippen LogP contribution in [0.4, 0.5) is 11.4 Å². The molecule has 0 aliphatic carbocycles. The number of anilines is 2. The highest BCUT2D eigenvalue weighted by atomic mass is 32.1. The van der Waals surface area contributed by atoms with E-state index >= 15 is 0 Å². The summed E-state index contributed by atoms with van der Waals surface area (Å²) in [5, 5.41) is 7.54. The van der Waals surface area contributed by atoms with Gasteiger partial charge in [0.1, 0.15) is 10.7 Å². The maximum absolute atomic E-state index is 12.2. The minimum atomic E-state index is -0.513. The number of nitrogens with two attached hydrogens (primary N) is 1. The highest BCUT2D eigenvalue weighted by Gasteiger charge is 2.25. The van der Waals surface area contributed by atoms with Gasteiger partial charge >= 0.3 is 0 Å². The van der Waals surface area contributed by atoms with Crippen molar-refractivity contribution in [1.29, 1.82) is 0 Å². The van der Waals surface area contributed by atoms with Gasteiger partial charge in [-0.15, -0.1) is 11.3 Å². The van der Waals surface area contributed by atoms with Gasteiger partial charge in [-0.05, 0) is 31.0 Å². The van der Waals surface area contributed by atoms with Crippen molar-refractivity contribution >= 4 is 28.6 Å². The number of rotatable bonds is 5. The summed E-state index contributed by atoms with van der Waals surface area (Å²) in [6.07, 6.45) is 5.83. The molecule has 3 N–H and O–H groups in total. The quantitative estimate of drug-likeness (QED) is 0.653. The molecule has 0 atom stereocenters. The van der Waals surface area contributed by atoms with Crippen LogP contribution in [-0.4, -0.2) is 60.5 Å². The number of hydrogen-bond donors (Lipinski definition) is 2. The zero-order valence-corrected chi connectivity index (χ0v) is 17.5. The first-order valence-corrected chi connectivity index (χ1v) is 11.0. The number of benzene rings is 1. The number of hydrogen-bond acceptors (Lipinski definition) is 7. The summed E-state index contributed by atoms with van der Waals surface area (Å²) in [5.74, 6) is -0.513. The van der Waals surface area contributed by atoms with Crippen LogP contribution in [0.15, 0.2) is 30.6 Å². The van der Waals surface area contributed by atoms with Gasteiger partial charge in [-0.3, -0.25) is 9.89 Å². The molecule has 1 amide bonds. The molecule has 3 aromatic rings. The van der Waals surface area contributed by atoms with E-state index in [0.29, 0.717) is 5.69 Å². The fraction of sp³-hybridized carbons (Fsp3) is 0.381. The van der Waals surface area contributed by atoms with Gasteiger partial charge in [0.05, 0.1) is 24.3 Å². The second-order valence-electron chi connectivity index (χ2n) is 7.54. The van der Waals surface area contributed by atoms with Crippen LogP contribution in [0.1, 0.15) is 23.3 Å². The SMILES string of the molecule is NC(=O)c1nc(-c2cn[nH]c2)sc1-c1ccc(N2CCOCC2)cc1N1CCCC1. The number of carbonyl (C=O) groups is 1. The standard InChI is InChI=1S/C21H24N6O2S/c22-20(28)18-19(30-21(25-18)14-12-23-24-13-14)16-4-3-15(26-7-9-29-10-8-26)11-17(16)27-5-1-2-6-27/h3-4,11-13H,1-2,5-10H2,(H2,22,28)(H,23,24). The molecule has 8 nitrogen and oxygen atoms in total. The Balaban J connectivity index is 1.61. The Hall–Kier alpha value is -2.91. The lowest BCUT2D eigenvalue weighted by atomic mass is 10.1. The van der Waals surface area contributed by atoms with E-state index < -0.39 is 5.91 Å². The van der Waals surface area contributed by atoms with Crippen molar-refractivity contribution < 1.29 is 9.53 Å². The molecule has 0 spiro atoms. The van der Waals surface area contributed by atoms with Gasteiger partial charge in [-0.25, -0.2) is 4.98 Å². The number of aromatic nitrogens is 3. The van der Waals surface area contributed by atoms with Crippen LogP contribution in [0.3, 0.4) is 0 Å². The van der Waals surface area contributed by atoms with Gasteiger partial charge in [-0.1, -0.05) is 0 Å². The van der Waals surface area contributed by atoms with Gasteiger partial charge in [0.15, 0.2) is 0 Å². The Bertz CT molecular complexity index is 1040. The lowest BCUT2D eigenvalue weighted by Crippen LogP contribution is -2.36. The first-order chi connectivity index (χ1) is 14.7. The monoisotopic (exact) mass is 424 g/mol. The smallest absolute Gasteiger partial charge is 0.268 e. The van der Waals surface area contributed by atoms with Gasteiger partial charge in [0.2, 0.25) is 0 Å². The van der Waals surface area contributed by atoms with Crippen LogP contribution in [0.5, 0.6) is 0 Å². The van der Waals surface area contributed by atoms with Gasteiger partial charge in [0, 0.05) is 54.9 Å². The molecular weight excluding hydrogens is 400 g/mol. The summed E-state index contributed by atoms with van der Waals surface area (Å²) in [6, 6.07) is 6.48. The first kappa shape index (κ1) is 19.1. The molecular formula is C21H24N6O2S. The van der Waals surface area contributed by atoms with Crippen molar-refractivity contribution in [2.24, 2.45) is 5.73 Å². The largest absolute Gasteiger partial charge is 0.378 e. The predicted octanol–water partition coefficient (Wildman–Crippen LogP) is 2.74. The fourth-order valence-corrected chi connectivity index (χ4v) is 5.20. The van der Waals surface area contributed by atoms with E-state index in [9.17, 15) is 4.79 Å². The Labute approximate surface area is 178 Å². The second-order valence-corrected chi connectivity index (χ2v) is 8.54. The lowest BCUT2D eigenvalue weighted by Gasteiger charge is -2.31. The molecule has 0 saturated carbocycles. The molecule has 2 aromatic heterocycles. The second kappa shape index (κ2) is 8.08. The molecule has 2 aliphatic heterocycles. The number of ether oxygens (including phenoxy) is 1. The Morgan fingerprint density at radius 2 is 1.93 bits per heavy atom. The normalized spacial score (nSPS) is 16.9. The Kier molecular flexibility index (Phi) is 5.14. The molecule has 1 aromatic carbocycles. The molecule has 156 valence electrons. The van der Waals surface area contributed by atoms with E-state index in [0.717, 1.165) is 66.1 Å². The summed E-state index contributed by atoms with van der Waals surface area (Å²) in [7, 11) is 0. The summed E-state index contributed by atoms with van der Waals surface area (Å²) >= 11 is 1.48. The first-order valence-electron chi connectivity index (χ1n) is 10.2. The van der Waals surface area contributed by atoms with Crippen LogP contribution in [0, 0.1) is 0 Å². The van der Waals surface area contributed by atoms with Crippen molar-refractivity contribution in [1.82, 2.24) is 15.2 Å². The van der Waals surface area contributed by atoms with E-state index in [4.69, 9.17) is 10.5 Å². The minimum Gasteiger partial charge on any atom is -0.378 e. The van der Waals surface area contributed by atoms with Crippen LogP contribution in [0.25, 0.3) is 21.0 Å². The molecule has 0 unspecified atom stereocenters. The molecule has 5 rings (SSSR count). The van der Waals surface area contributed by atoms with E-state index in [-0.39, 0.29) is 0 Å². The van der Waals surface area contributed by atoms with Crippen LogP contribution in [-0.2, 0) is 4.74 Å². The maximum Gasteiger partial charge on any atom is 0.268 e. The van der Waals surface area contributed by atoms with E-state index in [2.05, 4.69) is 43.2 Å². The third-order valence-electron chi connectivity index (χ3n) is 5.65. The van der Waals surface area contributed by atoms with Crippen LogP contribution < -0.4 is 15.5 Å².